The van der Waals surface area contributed by atoms with E-state index in [2.05, 4.69) is 18.7 Å². The first-order valence-electron chi connectivity index (χ1n) is 6.32. The molecule has 1 heterocycles. The van der Waals surface area contributed by atoms with E-state index in [0.29, 0.717) is 12.1 Å². The Kier molecular flexibility index (Phi) is 3.69. The van der Waals surface area contributed by atoms with Gasteiger partial charge in [-0.1, -0.05) is 13.8 Å². The third kappa shape index (κ3) is 2.70. The van der Waals surface area contributed by atoms with E-state index < -0.39 is 5.82 Å². The lowest BCUT2D eigenvalue weighted by Gasteiger charge is -2.28. The van der Waals surface area contributed by atoms with Gasteiger partial charge in [-0.2, -0.15) is 0 Å². The van der Waals surface area contributed by atoms with Crippen molar-refractivity contribution in [1.82, 2.24) is 4.90 Å². The predicted molar refractivity (Wildman–Crippen MR) is 68.1 cm³/mol. The number of benzene rings is 1. The Morgan fingerprint density at radius 3 is 2.67 bits per heavy atom. The van der Waals surface area contributed by atoms with Gasteiger partial charge in [0.25, 0.3) is 0 Å². The van der Waals surface area contributed by atoms with E-state index in [0.717, 1.165) is 25.6 Å². The lowest BCUT2D eigenvalue weighted by Crippen LogP contribution is -2.33. The summed E-state index contributed by atoms with van der Waals surface area (Å²) in [7, 11) is 0. The van der Waals surface area contributed by atoms with Crippen LogP contribution in [0.25, 0.3) is 0 Å². The van der Waals surface area contributed by atoms with Crippen LogP contribution in [0.4, 0.5) is 8.78 Å². The summed E-state index contributed by atoms with van der Waals surface area (Å²) in [6.07, 6.45) is 1.06. The van der Waals surface area contributed by atoms with Gasteiger partial charge in [-0.15, -0.1) is 0 Å². The molecule has 0 bridgehead atoms. The van der Waals surface area contributed by atoms with Crippen LogP contribution in [0.5, 0.6) is 0 Å². The summed E-state index contributed by atoms with van der Waals surface area (Å²) in [4.78, 5) is 2.15. The van der Waals surface area contributed by atoms with E-state index in [9.17, 15) is 8.78 Å². The fraction of sp³-hybridized carbons (Fsp3) is 0.571. The van der Waals surface area contributed by atoms with Crippen molar-refractivity contribution in [2.24, 2.45) is 11.1 Å². The standard InChI is InChI=1S/C14H20F2N2/c1-14(2)5-6-18(9-14)13(8-17)11-7-10(15)3-4-12(11)16/h3-4,7,13H,5-6,8-9,17H2,1-2H3. The topological polar surface area (TPSA) is 29.3 Å². The van der Waals surface area contributed by atoms with Crippen molar-refractivity contribution < 1.29 is 8.78 Å². The van der Waals surface area contributed by atoms with Gasteiger partial charge in [0.2, 0.25) is 0 Å². The van der Waals surface area contributed by atoms with Crippen LogP contribution in [0.15, 0.2) is 18.2 Å². The van der Waals surface area contributed by atoms with Crippen molar-refractivity contribution in [1.29, 1.82) is 0 Å². The highest BCUT2D eigenvalue weighted by atomic mass is 19.1. The first-order chi connectivity index (χ1) is 8.43. The van der Waals surface area contributed by atoms with Crippen LogP contribution in [-0.4, -0.2) is 24.5 Å². The second kappa shape index (κ2) is 4.94. The molecule has 1 saturated heterocycles. The zero-order chi connectivity index (χ0) is 13.3. The summed E-state index contributed by atoms with van der Waals surface area (Å²) in [6, 6.07) is 3.34. The molecule has 0 spiro atoms. The molecule has 2 N–H and O–H groups in total. The van der Waals surface area contributed by atoms with Gasteiger partial charge in [-0.05, 0) is 36.6 Å². The molecule has 0 aromatic heterocycles. The maximum absolute atomic E-state index is 13.8. The maximum Gasteiger partial charge on any atom is 0.128 e. The highest BCUT2D eigenvalue weighted by molar-refractivity contribution is 5.23. The first-order valence-corrected chi connectivity index (χ1v) is 6.32. The molecular weight excluding hydrogens is 234 g/mol. The van der Waals surface area contributed by atoms with Crippen molar-refractivity contribution >= 4 is 0 Å². The summed E-state index contributed by atoms with van der Waals surface area (Å²) in [5, 5.41) is 0. The largest absolute Gasteiger partial charge is 0.329 e. The Labute approximate surface area is 107 Å². The second-order valence-corrected chi connectivity index (χ2v) is 5.80. The summed E-state index contributed by atoms with van der Waals surface area (Å²) >= 11 is 0. The average molecular weight is 254 g/mol. The van der Waals surface area contributed by atoms with Crippen LogP contribution < -0.4 is 5.73 Å². The molecule has 1 fully saturated rings. The van der Waals surface area contributed by atoms with Crippen LogP contribution >= 0.6 is 0 Å². The van der Waals surface area contributed by atoms with Gasteiger partial charge in [0.15, 0.2) is 0 Å². The molecule has 4 heteroatoms. The van der Waals surface area contributed by atoms with E-state index in [-0.39, 0.29) is 17.3 Å². The molecule has 1 atom stereocenters. The minimum atomic E-state index is -0.414. The van der Waals surface area contributed by atoms with E-state index in [1.54, 1.807) is 0 Å². The van der Waals surface area contributed by atoms with Gasteiger partial charge < -0.3 is 5.73 Å². The molecular formula is C14H20F2N2. The van der Waals surface area contributed by atoms with E-state index >= 15 is 0 Å². The van der Waals surface area contributed by atoms with E-state index in [4.69, 9.17) is 5.73 Å². The fourth-order valence-electron chi connectivity index (χ4n) is 2.66. The predicted octanol–water partition coefficient (Wildman–Crippen LogP) is 2.70. The smallest absolute Gasteiger partial charge is 0.128 e. The SMILES string of the molecule is CC1(C)CCN(C(CN)c2cc(F)ccc2F)C1. The second-order valence-electron chi connectivity index (χ2n) is 5.80. The number of halogens is 2. The third-order valence-electron chi connectivity index (χ3n) is 3.69. The molecule has 1 aromatic rings. The van der Waals surface area contributed by atoms with E-state index in [1.165, 1.54) is 12.1 Å². The zero-order valence-corrected chi connectivity index (χ0v) is 10.9. The molecule has 1 aromatic carbocycles. The minimum absolute atomic E-state index is 0.219. The highest BCUT2D eigenvalue weighted by Gasteiger charge is 2.34. The Morgan fingerprint density at radius 1 is 1.39 bits per heavy atom. The van der Waals surface area contributed by atoms with Crippen molar-refractivity contribution in [2.45, 2.75) is 26.3 Å². The molecule has 0 amide bonds. The van der Waals surface area contributed by atoms with Crippen LogP contribution in [0.1, 0.15) is 31.9 Å². The van der Waals surface area contributed by atoms with E-state index in [1.807, 2.05) is 0 Å². The lowest BCUT2D eigenvalue weighted by molar-refractivity contribution is 0.219. The molecule has 0 aliphatic carbocycles. The normalized spacial score (nSPS) is 21.2. The molecule has 1 aliphatic heterocycles. The quantitative estimate of drug-likeness (QED) is 0.898. The number of hydrogen-bond donors (Lipinski definition) is 1. The molecule has 0 radical (unpaired) electrons. The van der Waals surface area contributed by atoms with Crippen LogP contribution in [0, 0.1) is 17.0 Å². The molecule has 2 rings (SSSR count). The first kappa shape index (κ1) is 13.4. The van der Waals surface area contributed by atoms with Crippen molar-refractivity contribution in [3.8, 4) is 0 Å². The maximum atomic E-state index is 13.8. The van der Waals surface area contributed by atoms with Crippen molar-refractivity contribution in [3.05, 3.63) is 35.4 Å². The summed E-state index contributed by atoms with van der Waals surface area (Å²) in [5.41, 5.74) is 6.35. The minimum Gasteiger partial charge on any atom is -0.329 e. The summed E-state index contributed by atoms with van der Waals surface area (Å²) < 4.78 is 27.1. The Balaban J connectivity index is 2.26. The van der Waals surface area contributed by atoms with Crippen LogP contribution in [0.2, 0.25) is 0 Å². The van der Waals surface area contributed by atoms with Crippen molar-refractivity contribution in [2.75, 3.05) is 19.6 Å². The molecule has 2 nitrogen and oxygen atoms in total. The Bertz CT molecular complexity index is 432. The van der Waals surface area contributed by atoms with Gasteiger partial charge in [0, 0.05) is 18.7 Å². The average Bonchev–Trinajstić information content (AvgIpc) is 2.65. The molecule has 100 valence electrons. The summed E-state index contributed by atoms with van der Waals surface area (Å²) in [5.74, 6) is -0.792. The van der Waals surface area contributed by atoms with Gasteiger partial charge in [-0.3, -0.25) is 4.90 Å². The molecule has 1 aliphatic rings. The number of rotatable bonds is 3. The zero-order valence-electron chi connectivity index (χ0n) is 10.9. The number of hydrogen-bond acceptors (Lipinski definition) is 2. The van der Waals surface area contributed by atoms with Gasteiger partial charge in [-0.25, -0.2) is 8.78 Å². The Hall–Kier alpha value is -1.00. The van der Waals surface area contributed by atoms with Gasteiger partial charge in [0.1, 0.15) is 11.6 Å². The molecule has 0 saturated carbocycles. The number of nitrogens with two attached hydrogens (primary N) is 1. The van der Waals surface area contributed by atoms with Crippen LogP contribution in [0.3, 0.4) is 0 Å². The summed E-state index contributed by atoms with van der Waals surface area (Å²) in [6.45, 7) is 6.41. The molecule has 18 heavy (non-hydrogen) atoms. The highest BCUT2D eigenvalue weighted by Crippen LogP contribution is 2.35. The molecule has 1 unspecified atom stereocenters. The fourth-order valence-corrected chi connectivity index (χ4v) is 2.66. The van der Waals surface area contributed by atoms with Crippen molar-refractivity contribution in [3.63, 3.8) is 0 Å². The monoisotopic (exact) mass is 254 g/mol. The van der Waals surface area contributed by atoms with Gasteiger partial charge >= 0.3 is 0 Å². The lowest BCUT2D eigenvalue weighted by atomic mass is 9.93. The van der Waals surface area contributed by atoms with Crippen LogP contribution in [-0.2, 0) is 0 Å². The Morgan fingerprint density at radius 2 is 2.11 bits per heavy atom. The van der Waals surface area contributed by atoms with Gasteiger partial charge in [0.05, 0.1) is 6.04 Å². The third-order valence-corrected chi connectivity index (χ3v) is 3.69. The number of likely N-dealkylation sites (tertiary alicyclic amines) is 1. The number of nitrogens with zero attached hydrogens (tertiary/aromatic N) is 1.